The third-order valence-electron chi connectivity index (χ3n) is 3.15. The van der Waals surface area contributed by atoms with Crippen molar-refractivity contribution >= 4 is 47.2 Å². The molecular weight excluding hydrogens is 357 g/mol. The van der Waals surface area contributed by atoms with Crippen LogP contribution in [-0.4, -0.2) is 57.1 Å². The van der Waals surface area contributed by atoms with Crippen LogP contribution < -0.4 is 10.2 Å². The number of para-hydroxylation sites is 2. The number of hydrogen-bond acceptors (Lipinski definition) is 5. The molecule has 2 rings (SSSR count). The Morgan fingerprint density at radius 1 is 1.29 bits per heavy atom. The number of nitrogens with one attached hydrogen (secondary N) is 1. The van der Waals surface area contributed by atoms with Crippen LogP contribution in [0.2, 0.25) is 0 Å². The van der Waals surface area contributed by atoms with Gasteiger partial charge in [0.1, 0.15) is 0 Å². The molecule has 0 fully saturated rings. The minimum absolute atomic E-state index is 0.0987. The van der Waals surface area contributed by atoms with Crippen molar-refractivity contribution in [3.8, 4) is 5.69 Å². The van der Waals surface area contributed by atoms with Gasteiger partial charge in [0, 0.05) is 24.8 Å². The number of halogens is 2. The first-order valence-electron chi connectivity index (χ1n) is 6.99. The lowest BCUT2D eigenvalue weighted by molar-refractivity contribution is -0.105. The molecule has 10 heteroatoms. The number of aromatic nitrogens is 3. The van der Waals surface area contributed by atoms with Crippen LogP contribution in [0.1, 0.15) is 10.6 Å². The molecule has 2 aromatic rings. The molecular formula is C14H15Cl2N5O3. The lowest BCUT2D eigenvalue weighted by atomic mass is 10.2. The molecule has 1 aromatic heterocycles. The molecule has 1 amide bonds. The van der Waals surface area contributed by atoms with Crippen LogP contribution in [0, 0.1) is 0 Å². The fraction of sp³-hybridized carbons (Fsp3) is 0.286. The van der Waals surface area contributed by atoms with Crippen molar-refractivity contribution < 1.29 is 14.7 Å². The standard InChI is InChI=1S/C14H15Cl2N5O3/c15-5-7-20(8-6-16)10-3-1-2-4-11(10)21-12(13(23)24)18-14(19-21)17-9-22/h1-4,9H,5-8H2,(H,23,24)(H,17,19,22). The first-order valence-corrected chi connectivity index (χ1v) is 8.06. The van der Waals surface area contributed by atoms with Crippen LogP contribution in [0.5, 0.6) is 0 Å². The lowest BCUT2D eigenvalue weighted by Gasteiger charge is -2.25. The molecule has 0 aliphatic rings. The monoisotopic (exact) mass is 371 g/mol. The summed E-state index contributed by atoms with van der Waals surface area (Å²) >= 11 is 11.7. The second-order valence-electron chi connectivity index (χ2n) is 4.59. The highest BCUT2D eigenvalue weighted by atomic mass is 35.5. The van der Waals surface area contributed by atoms with Gasteiger partial charge in [0.05, 0.1) is 11.4 Å². The van der Waals surface area contributed by atoms with Crippen molar-refractivity contribution in [1.82, 2.24) is 14.8 Å². The molecule has 8 nitrogen and oxygen atoms in total. The van der Waals surface area contributed by atoms with Crippen molar-refractivity contribution in [3.05, 3.63) is 30.1 Å². The smallest absolute Gasteiger partial charge is 0.374 e. The summed E-state index contributed by atoms with van der Waals surface area (Å²) < 4.78 is 1.17. The van der Waals surface area contributed by atoms with Crippen molar-refractivity contribution in [2.45, 2.75) is 0 Å². The maximum absolute atomic E-state index is 11.4. The number of hydrogen-bond donors (Lipinski definition) is 2. The molecule has 0 spiro atoms. The van der Waals surface area contributed by atoms with E-state index in [1.807, 2.05) is 17.0 Å². The lowest BCUT2D eigenvalue weighted by Crippen LogP contribution is -2.29. The van der Waals surface area contributed by atoms with E-state index in [1.54, 1.807) is 12.1 Å². The topological polar surface area (TPSA) is 100 Å². The van der Waals surface area contributed by atoms with Gasteiger partial charge in [-0.15, -0.1) is 28.3 Å². The van der Waals surface area contributed by atoms with E-state index in [2.05, 4.69) is 15.4 Å². The summed E-state index contributed by atoms with van der Waals surface area (Å²) in [6.45, 7) is 1.06. The van der Waals surface area contributed by atoms with Gasteiger partial charge in [0.25, 0.3) is 0 Å². The molecule has 0 unspecified atom stereocenters. The Bertz CT molecular complexity index is 716. The maximum atomic E-state index is 11.4. The Labute approximate surface area is 148 Å². The number of carboxylic acid groups (broad SMARTS) is 1. The summed E-state index contributed by atoms with van der Waals surface area (Å²) in [4.78, 5) is 27.7. The highest BCUT2D eigenvalue weighted by Crippen LogP contribution is 2.25. The number of aromatic carboxylic acids is 1. The van der Waals surface area contributed by atoms with E-state index in [0.29, 0.717) is 42.6 Å². The summed E-state index contributed by atoms with van der Waals surface area (Å²) in [7, 11) is 0. The second kappa shape index (κ2) is 8.51. The molecule has 2 N–H and O–H groups in total. The fourth-order valence-corrected chi connectivity index (χ4v) is 2.61. The van der Waals surface area contributed by atoms with Crippen molar-refractivity contribution in [3.63, 3.8) is 0 Å². The highest BCUT2D eigenvalue weighted by molar-refractivity contribution is 6.18. The van der Waals surface area contributed by atoms with Crippen LogP contribution in [0.25, 0.3) is 5.69 Å². The van der Waals surface area contributed by atoms with Gasteiger partial charge < -0.3 is 10.0 Å². The minimum Gasteiger partial charge on any atom is -0.475 e. The molecule has 0 atom stereocenters. The minimum atomic E-state index is -1.27. The number of nitrogens with zero attached hydrogens (tertiary/aromatic N) is 4. The van der Waals surface area contributed by atoms with Gasteiger partial charge in [0.15, 0.2) is 0 Å². The Morgan fingerprint density at radius 2 is 1.96 bits per heavy atom. The molecule has 0 radical (unpaired) electrons. The van der Waals surface area contributed by atoms with Gasteiger partial charge in [0.2, 0.25) is 18.2 Å². The number of benzene rings is 1. The molecule has 128 valence electrons. The first-order chi connectivity index (χ1) is 11.6. The van der Waals surface area contributed by atoms with E-state index in [-0.39, 0.29) is 11.8 Å². The number of amides is 1. The third kappa shape index (κ3) is 3.95. The zero-order valence-electron chi connectivity index (χ0n) is 12.5. The van der Waals surface area contributed by atoms with Gasteiger partial charge in [-0.2, -0.15) is 4.98 Å². The van der Waals surface area contributed by atoms with Gasteiger partial charge in [-0.05, 0) is 12.1 Å². The summed E-state index contributed by atoms with van der Waals surface area (Å²) in [5.74, 6) is -0.919. The Morgan fingerprint density at radius 3 is 2.54 bits per heavy atom. The van der Waals surface area contributed by atoms with Gasteiger partial charge >= 0.3 is 5.97 Å². The van der Waals surface area contributed by atoms with Crippen LogP contribution in [0.15, 0.2) is 24.3 Å². The van der Waals surface area contributed by atoms with Crippen molar-refractivity contribution in [1.29, 1.82) is 0 Å². The van der Waals surface area contributed by atoms with E-state index in [9.17, 15) is 14.7 Å². The predicted octanol–water partition coefficient (Wildman–Crippen LogP) is 1.82. The number of carbonyl (C=O) groups excluding carboxylic acids is 1. The van der Waals surface area contributed by atoms with Crippen molar-refractivity contribution in [2.75, 3.05) is 35.1 Å². The summed E-state index contributed by atoms with van der Waals surface area (Å²) in [5, 5.41) is 15.6. The number of carboxylic acids is 1. The van der Waals surface area contributed by atoms with E-state index < -0.39 is 5.97 Å². The number of anilines is 2. The van der Waals surface area contributed by atoms with Crippen LogP contribution in [0.3, 0.4) is 0 Å². The SMILES string of the molecule is O=CNc1nc(C(=O)O)n(-c2ccccc2N(CCCl)CCCl)n1. The average molecular weight is 372 g/mol. The third-order valence-corrected chi connectivity index (χ3v) is 3.48. The van der Waals surface area contributed by atoms with E-state index in [1.165, 1.54) is 4.68 Å². The summed E-state index contributed by atoms with van der Waals surface area (Å²) in [5.41, 5.74) is 1.21. The van der Waals surface area contributed by atoms with Gasteiger partial charge in [-0.1, -0.05) is 12.1 Å². The zero-order chi connectivity index (χ0) is 17.5. The molecule has 0 saturated carbocycles. The Balaban J connectivity index is 2.56. The number of carbonyl (C=O) groups is 2. The molecule has 0 bridgehead atoms. The summed E-state index contributed by atoms with van der Waals surface area (Å²) in [6.07, 6.45) is 0.379. The Hall–Kier alpha value is -2.32. The van der Waals surface area contributed by atoms with Crippen molar-refractivity contribution in [2.24, 2.45) is 0 Å². The van der Waals surface area contributed by atoms with E-state index in [4.69, 9.17) is 23.2 Å². The second-order valence-corrected chi connectivity index (χ2v) is 5.35. The normalized spacial score (nSPS) is 10.4. The molecule has 24 heavy (non-hydrogen) atoms. The average Bonchev–Trinajstić information content (AvgIpc) is 2.99. The molecule has 1 heterocycles. The van der Waals surface area contributed by atoms with E-state index >= 15 is 0 Å². The zero-order valence-corrected chi connectivity index (χ0v) is 14.0. The maximum Gasteiger partial charge on any atom is 0.374 e. The molecule has 1 aromatic carbocycles. The van der Waals surface area contributed by atoms with Gasteiger partial charge in [-0.3, -0.25) is 10.1 Å². The number of alkyl halides is 2. The fourth-order valence-electron chi connectivity index (χ4n) is 2.20. The first kappa shape index (κ1) is 18.0. The van der Waals surface area contributed by atoms with Crippen LogP contribution in [0.4, 0.5) is 11.6 Å². The number of rotatable bonds is 9. The molecule has 0 aliphatic carbocycles. The quantitative estimate of drug-likeness (QED) is 0.515. The predicted molar refractivity (Wildman–Crippen MR) is 91.7 cm³/mol. The van der Waals surface area contributed by atoms with Crippen LogP contribution in [-0.2, 0) is 4.79 Å². The molecule has 0 aliphatic heterocycles. The van der Waals surface area contributed by atoms with E-state index in [0.717, 1.165) is 0 Å². The largest absolute Gasteiger partial charge is 0.475 e. The molecule has 0 saturated heterocycles. The van der Waals surface area contributed by atoms with Crippen LogP contribution >= 0.6 is 23.2 Å². The Kier molecular flexibility index (Phi) is 6.39. The summed E-state index contributed by atoms with van der Waals surface area (Å²) in [6, 6.07) is 7.08. The van der Waals surface area contributed by atoms with Gasteiger partial charge in [-0.25, -0.2) is 9.48 Å². The highest BCUT2D eigenvalue weighted by Gasteiger charge is 2.21.